The second-order valence-corrected chi connectivity index (χ2v) is 20.4. The Morgan fingerprint density at radius 3 is 2.17 bits per heavy atom. The number of hydrogen-bond acceptors (Lipinski definition) is 11. The van der Waals surface area contributed by atoms with E-state index in [-0.39, 0.29) is 86.5 Å². The van der Waals surface area contributed by atoms with Gasteiger partial charge >= 0.3 is 0 Å². The van der Waals surface area contributed by atoms with Gasteiger partial charge in [0, 0.05) is 29.3 Å². The Bertz CT molecular complexity index is 2650. The molecule has 0 aromatic heterocycles. The highest BCUT2D eigenvalue weighted by Gasteiger charge is 2.50. The lowest BCUT2D eigenvalue weighted by atomic mass is 9.69. The second-order valence-electron chi connectivity index (χ2n) is 18.4. The number of anilines is 2. The molecule has 1 saturated heterocycles. The summed E-state index contributed by atoms with van der Waals surface area (Å²) in [5.74, 6) is -1.00. The fourth-order valence-corrected chi connectivity index (χ4v) is 12.1. The molecular weight excluding hydrogens is 923 g/mol. The number of β-lactam (4-membered cyclic amide) rings is 1. The van der Waals surface area contributed by atoms with Gasteiger partial charge in [0.2, 0.25) is 17.7 Å². The summed E-state index contributed by atoms with van der Waals surface area (Å²) in [4.78, 5) is 41.1. The van der Waals surface area contributed by atoms with Crippen LogP contribution in [0.25, 0.3) is 0 Å². The first-order chi connectivity index (χ1) is 34.4. The number of aliphatic hydroxyl groups is 2. The number of rotatable bonds is 25. The Labute approximate surface area is 417 Å². The van der Waals surface area contributed by atoms with Gasteiger partial charge in [-0.1, -0.05) is 112 Å². The number of amides is 3. The lowest BCUT2D eigenvalue weighted by molar-refractivity contribution is -0.131. The van der Waals surface area contributed by atoms with E-state index in [1.807, 2.05) is 91.9 Å². The van der Waals surface area contributed by atoms with Gasteiger partial charge in [-0.05, 0) is 96.0 Å². The highest BCUT2D eigenvalue weighted by atomic mass is 32.2. The summed E-state index contributed by atoms with van der Waals surface area (Å²) in [6.07, 6.45) is 2.11. The van der Waals surface area contributed by atoms with Crippen molar-refractivity contribution in [1.82, 2.24) is 5.32 Å². The largest absolute Gasteiger partial charge is 0.497 e. The molecule has 6 unspecified atom stereocenters. The topological polar surface area (TPSA) is 190 Å². The van der Waals surface area contributed by atoms with E-state index in [9.17, 15) is 33.0 Å². The minimum absolute atomic E-state index is 0.00703. The number of unbranched alkanes of at least 4 members (excludes halogenated alkanes) is 1. The first kappa shape index (κ1) is 52.9. The molecule has 1 fully saturated rings. The third-order valence-corrected chi connectivity index (χ3v) is 15.8. The number of sulfone groups is 1. The van der Waals surface area contributed by atoms with E-state index in [1.165, 1.54) is 0 Å². The van der Waals surface area contributed by atoms with Gasteiger partial charge in [-0.2, -0.15) is 0 Å². The molecule has 7 rings (SSSR count). The second kappa shape index (κ2) is 24.9. The third kappa shape index (κ3) is 13.1. The van der Waals surface area contributed by atoms with Crippen molar-refractivity contribution in [3.63, 3.8) is 0 Å². The van der Waals surface area contributed by atoms with Crippen LogP contribution in [0.15, 0.2) is 132 Å². The number of ether oxygens (including phenoxy) is 4. The summed E-state index contributed by atoms with van der Waals surface area (Å²) in [6.45, 7) is 4.63. The standard InChI is InChI=1S/C56H67N3O11S/c1-4-6-29-56(5-2)38-71(65,66)49-18-11-10-17-46(49)52(54(56)63)42-15-12-16-43(34-42)58-51(62)37-70-33-31-68-30-32-69-36-50(61)57-35-39-19-23-44(24-20-39)59-53(41-21-25-45(67-3)26-22-41)47(55(59)64)27-28-48(60)40-13-8-7-9-14-40/h7-26,34,47-48,52-54,60,63H,4-6,27-33,35-38H2,1-3H3,(H,57,61)(H,58,62). The predicted octanol–water partition coefficient (Wildman–Crippen LogP) is 8.08. The summed E-state index contributed by atoms with van der Waals surface area (Å²) < 4.78 is 49.5. The maximum absolute atomic E-state index is 13.8. The van der Waals surface area contributed by atoms with E-state index >= 15 is 0 Å². The van der Waals surface area contributed by atoms with Crippen molar-refractivity contribution in [2.24, 2.45) is 11.3 Å². The molecule has 4 N–H and O–H groups in total. The number of nitrogens with zero attached hydrogens (tertiary/aromatic N) is 1. The van der Waals surface area contributed by atoms with Crippen LogP contribution >= 0.6 is 0 Å². The Kier molecular flexibility index (Phi) is 18.6. The average Bonchev–Trinajstić information content (AvgIpc) is 3.46. The minimum atomic E-state index is -3.68. The van der Waals surface area contributed by atoms with Crippen molar-refractivity contribution in [2.75, 3.05) is 62.7 Å². The van der Waals surface area contributed by atoms with Crippen LogP contribution in [0.5, 0.6) is 5.75 Å². The van der Waals surface area contributed by atoms with E-state index in [2.05, 4.69) is 17.6 Å². The smallest absolute Gasteiger partial charge is 0.250 e. The van der Waals surface area contributed by atoms with Crippen LogP contribution in [0, 0.1) is 11.3 Å². The maximum Gasteiger partial charge on any atom is 0.250 e. The van der Waals surface area contributed by atoms with Crippen LogP contribution < -0.4 is 20.3 Å². The van der Waals surface area contributed by atoms with Crippen LogP contribution in [0.3, 0.4) is 0 Å². The van der Waals surface area contributed by atoms with Gasteiger partial charge in [-0.25, -0.2) is 8.42 Å². The number of methoxy groups -OCH3 is 1. The zero-order valence-corrected chi connectivity index (χ0v) is 41.7. The SMILES string of the molecule is CCCCC1(CC)CS(=O)(=O)c2ccccc2C(c2cccc(NC(=O)COCCOCCOCC(=O)NCc3ccc(N4C(=O)C(CCC(O)c5ccccc5)C4c4ccc(OC)cc4)cc3)c2)C1O. The number of hydrogen-bond donors (Lipinski definition) is 4. The lowest BCUT2D eigenvalue weighted by Crippen LogP contribution is -2.55. The van der Waals surface area contributed by atoms with Gasteiger partial charge in [0.15, 0.2) is 9.84 Å². The van der Waals surface area contributed by atoms with Gasteiger partial charge in [0.05, 0.1) is 68.4 Å². The van der Waals surface area contributed by atoms with E-state index in [4.69, 9.17) is 18.9 Å². The molecule has 2 aliphatic heterocycles. The number of benzene rings is 5. The van der Waals surface area contributed by atoms with E-state index in [0.29, 0.717) is 42.5 Å². The van der Waals surface area contributed by atoms with Gasteiger partial charge in [0.1, 0.15) is 19.0 Å². The fourth-order valence-electron chi connectivity index (χ4n) is 9.86. The number of carbonyl (C=O) groups is 3. The summed E-state index contributed by atoms with van der Waals surface area (Å²) in [5.41, 5.74) is 4.32. The van der Waals surface area contributed by atoms with Gasteiger partial charge in [0.25, 0.3) is 0 Å². The Balaban J connectivity index is 0.804. The molecule has 14 nitrogen and oxygen atoms in total. The molecule has 2 aliphatic rings. The maximum atomic E-state index is 13.8. The number of aliphatic hydroxyl groups excluding tert-OH is 2. The average molecular weight is 990 g/mol. The summed E-state index contributed by atoms with van der Waals surface area (Å²) in [5, 5.41) is 28.7. The first-order valence-corrected chi connectivity index (χ1v) is 26.2. The molecule has 5 aromatic rings. The highest BCUT2D eigenvalue weighted by Crippen LogP contribution is 2.49. The van der Waals surface area contributed by atoms with Crippen molar-refractivity contribution in [3.05, 3.63) is 155 Å². The summed E-state index contributed by atoms with van der Waals surface area (Å²) >= 11 is 0. The molecule has 0 bridgehead atoms. The molecule has 3 amide bonds. The zero-order valence-electron chi connectivity index (χ0n) is 40.8. The molecule has 2 heterocycles. The molecule has 6 atom stereocenters. The Morgan fingerprint density at radius 1 is 0.803 bits per heavy atom. The van der Waals surface area contributed by atoms with Crippen molar-refractivity contribution < 1.29 is 52.0 Å². The van der Waals surface area contributed by atoms with Crippen molar-refractivity contribution in [3.8, 4) is 5.75 Å². The van der Waals surface area contributed by atoms with E-state index in [1.54, 1.807) is 54.5 Å². The number of nitrogens with one attached hydrogen (secondary N) is 2. The van der Waals surface area contributed by atoms with E-state index in [0.717, 1.165) is 41.0 Å². The minimum Gasteiger partial charge on any atom is -0.497 e. The Morgan fingerprint density at radius 2 is 1.48 bits per heavy atom. The van der Waals surface area contributed by atoms with Crippen molar-refractivity contribution >= 4 is 38.9 Å². The van der Waals surface area contributed by atoms with Crippen LogP contribution in [0.4, 0.5) is 11.4 Å². The monoisotopic (exact) mass is 989 g/mol. The summed E-state index contributed by atoms with van der Waals surface area (Å²) in [6, 6.07) is 38.6. The normalized spacial score (nSPS) is 20.8. The molecular formula is C56H67N3O11S. The molecule has 0 saturated carbocycles. The molecule has 0 radical (unpaired) electrons. The quantitative estimate of drug-likeness (QED) is 0.0327. The van der Waals surface area contributed by atoms with Crippen molar-refractivity contribution in [1.29, 1.82) is 0 Å². The summed E-state index contributed by atoms with van der Waals surface area (Å²) in [7, 11) is -2.07. The lowest BCUT2D eigenvalue weighted by Gasteiger charge is -2.48. The van der Waals surface area contributed by atoms with Crippen LogP contribution in [0.1, 0.15) is 98.3 Å². The third-order valence-electron chi connectivity index (χ3n) is 13.8. The van der Waals surface area contributed by atoms with Gasteiger partial charge < -0.3 is 44.7 Å². The molecule has 15 heteroatoms. The molecule has 378 valence electrons. The molecule has 0 aliphatic carbocycles. The number of fused-ring (bicyclic) bond motifs is 1. The van der Waals surface area contributed by atoms with Crippen molar-refractivity contribution in [2.45, 2.75) is 88.0 Å². The zero-order chi connectivity index (χ0) is 50.4. The molecule has 5 aromatic carbocycles. The number of carbonyl (C=O) groups excluding carboxylic acids is 3. The first-order valence-electron chi connectivity index (χ1n) is 24.6. The fraction of sp³-hybridized carbons (Fsp3) is 0.411. The molecule has 71 heavy (non-hydrogen) atoms. The Hall–Kier alpha value is -5.94. The van der Waals surface area contributed by atoms with Gasteiger partial charge in [-0.3, -0.25) is 14.4 Å². The molecule has 0 spiro atoms. The van der Waals surface area contributed by atoms with Gasteiger partial charge in [-0.15, -0.1) is 0 Å². The van der Waals surface area contributed by atoms with Crippen LogP contribution in [-0.4, -0.2) is 95.0 Å². The van der Waals surface area contributed by atoms with E-state index < -0.39 is 33.4 Å². The van der Waals surface area contributed by atoms with Crippen LogP contribution in [-0.2, 0) is 45.0 Å². The highest BCUT2D eigenvalue weighted by molar-refractivity contribution is 7.91. The predicted molar refractivity (Wildman–Crippen MR) is 272 cm³/mol. The van der Waals surface area contributed by atoms with Crippen LogP contribution in [0.2, 0.25) is 0 Å².